The lowest BCUT2D eigenvalue weighted by Crippen LogP contribution is -2.40. The molecule has 0 amide bonds. The highest BCUT2D eigenvalue weighted by molar-refractivity contribution is 5.91. The molecule has 11 heavy (non-hydrogen) atoms. The van der Waals surface area contributed by atoms with E-state index in [-0.39, 0.29) is 5.41 Å². The molecule has 1 saturated carbocycles. The van der Waals surface area contributed by atoms with Crippen molar-refractivity contribution >= 4 is 5.78 Å². The summed E-state index contributed by atoms with van der Waals surface area (Å²) in [7, 11) is 0. The molecule has 2 aliphatic carbocycles. The van der Waals surface area contributed by atoms with E-state index in [0.717, 1.165) is 6.42 Å². The van der Waals surface area contributed by atoms with Crippen LogP contribution in [-0.2, 0) is 4.79 Å². The third kappa shape index (κ3) is 0.741. The molecule has 0 aromatic carbocycles. The Morgan fingerprint density at radius 2 is 2.18 bits per heavy atom. The minimum atomic E-state index is 0.280. The van der Waals surface area contributed by atoms with Crippen LogP contribution >= 0.6 is 0 Å². The Bertz CT molecular complexity index is 248. The molecule has 1 fully saturated rings. The summed E-state index contributed by atoms with van der Waals surface area (Å²) in [6.07, 6.45) is 3.08. The molecule has 0 saturated heterocycles. The van der Waals surface area contributed by atoms with E-state index >= 15 is 0 Å². The van der Waals surface area contributed by atoms with E-state index in [9.17, 15) is 4.79 Å². The molecular formula is C10H14O. The summed E-state index contributed by atoms with van der Waals surface area (Å²) in [5, 5.41) is 0. The van der Waals surface area contributed by atoms with E-state index in [2.05, 4.69) is 26.8 Å². The van der Waals surface area contributed by atoms with Crippen molar-refractivity contribution in [3.8, 4) is 0 Å². The van der Waals surface area contributed by atoms with Crippen LogP contribution in [0.5, 0.6) is 0 Å². The molecule has 1 nitrogen and oxygen atoms in total. The molecular weight excluding hydrogens is 136 g/mol. The van der Waals surface area contributed by atoms with Crippen molar-refractivity contribution in [2.45, 2.75) is 27.2 Å². The van der Waals surface area contributed by atoms with Crippen LogP contribution in [-0.4, -0.2) is 5.78 Å². The Morgan fingerprint density at radius 3 is 2.55 bits per heavy atom. The Kier molecular flexibility index (Phi) is 1.14. The summed E-state index contributed by atoms with van der Waals surface area (Å²) in [6.45, 7) is 6.55. The third-order valence-corrected chi connectivity index (χ3v) is 3.22. The zero-order valence-electron chi connectivity index (χ0n) is 7.35. The average molecular weight is 150 g/mol. The lowest BCUT2D eigenvalue weighted by atomic mass is 9.64. The van der Waals surface area contributed by atoms with Crippen molar-refractivity contribution in [1.29, 1.82) is 0 Å². The Hall–Kier alpha value is -0.590. The van der Waals surface area contributed by atoms with Crippen LogP contribution in [0, 0.1) is 17.3 Å². The molecule has 0 radical (unpaired) electrons. The lowest BCUT2D eigenvalue weighted by Gasteiger charge is -2.38. The molecule has 0 unspecified atom stereocenters. The van der Waals surface area contributed by atoms with E-state index in [1.807, 2.05) is 0 Å². The molecule has 0 bridgehead atoms. The Morgan fingerprint density at radius 1 is 1.55 bits per heavy atom. The zero-order chi connectivity index (χ0) is 8.22. The standard InChI is InChI=1S/C10H14O/c1-6-5-10(2,3)7-4-8(11)9(6)7/h5,7,9H,4H2,1-3H3/t7-,9-/m1/s1. The third-order valence-electron chi connectivity index (χ3n) is 3.22. The van der Waals surface area contributed by atoms with Crippen LogP contribution in [0.1, 0.15) is 27.2 Å². The minimum Gasteiger partial charge on any atom is -0.299 e. The normalized spacial score (nSPS) is 39.5. The fraction of sp³-hybridized carbons (Fsp3) is 0.700. The summed E-state index contributed by atoms with van der Waals surface area (Å²) in [5.41, 5.74) is 1.58. The van der Waals surface area contributed by atoms with E-state index in [1.54, 1.807) is 0 Å². The second-order valence-electron chi connectivity index (χ2n) is 4.46. The molecule has 0 spiro atoms. The molecule has 2 atom stereocenters. The maximum absolute atomic E-state index is 11.2. The number of hydrogen-bond acceptors (Lipinski definition) is 1. The van der Waals surface area contributed by atoms with Gasteiger partial charge in [0.05, 0.1) is 0 Å². The van der Waals surface area contributed by atoms with Gasteiger partial charge >= 0.3 is 0 Å². The van der Waals surface area contributed by atoms with Gasteiger partial charge in [0, 0.05) is 12.3 Å². The quantitative estimate of drug-likeness (QED) is 0.484. The number of hydrogen-bond donors (Lipinski definition) is 0. The molecule has 2 rings (SSSR count). The van der Waals surface area contributed by atoms with Crippen LogP contribution in [0.15, 0.2) is 11.6 Å². The topological polar surface area (TPSA) is 17.1 Å². The van der Waals surface area contributed by atoms with E-state index in [4.69, 9.17) is 0 Å². The van der Waals surface area contributed by atoms with Gasteiger partial charge in [0.1, 0.15) is 5.78 Å². The van der Waals surface area contributed by atoms with Crippen molar-refractivity contribution in [2.24, 2.45) is 17.3 Å². The van der Waals surface area contributed by atoms with Crippen LogP contribution in [0.25, 0.3) is 0 Å². The maximum atomic E-state index is 11.2. The fourth-order valence-electron chi connectivity index (χ4n) is 2.57. The second-order valence-corrected chi connectivity index (χ2v) is 4.46. The van der Waals surface area contributed by atoms with Gasteiger partial charge in [-0.25, -0.2) is 0 Å². The van der Waals surface area contributed by atoms with Gasteiger partial charge in [0.2, 0.25) is 0 Å². The van der Waals surface area contributed by atoms with Crippen molar-refractivity contribution < 1.29 is 4.79 Å². The Balaban J connectivity index is 2.33. The molecule has 0 heterocycles. The SMILES string of the molecule is CC1=CC(C)(C)[C@@H]2CC(=O)[C@H]12. The summed E-state index contributed by atoms with van der Waals surface area (Å²) >= 11 is 0. The predicted octanol–water partition coefficient (Wildman–Crippen LogP) is 2.18. The number of fused-ring (bicyclic) bond motifs is 1. The number of allylic oxidation sites excluding steroid dienone is 2. The molecule has 1 heteroatoms. The van der Waals surface area contributed by atoms with Crippen LogP contribution in [0.3, 0.4) is 0 Å². The minimum absolute atomic E-state index is 0.280. The molecule has 0 N–H and O–H groups in total. The van der Waals surface area contributed by atoms with Gasteiger partial charge in [-0.1, -0.05) is 25.5 Å². The van der Waals surface area contributed by atoms with E-state index in [0.29, 0.717) is 17.6 Å². The summed E-state index contributed by atoms with van der Waals surface area (Å²) in [6, 6.07) is 0. The number of ketones is 1. The molecule has 0 aliphatic heterocycles. The fourth-order valence-corrected chi connectivity index (χ4v) is 2.57. The van der Waals surface area contributed by atoms with Crippen molar-refractivity contribution in [3.05, 3.63) is 11.6 Å². The van der Waals surface area contributed by atoms with Crippen molar-refractivity contribution in [3.63, 3.8) is 0 Å². The van der Waals surface area contributed by atoms with Crippen LogP contribution in [0.2, 0.25) is 0 Å². The predicted molar refractivity (Wildman–Crippen MR) is 44.1 cm³/mol. The first-order valence-electron chi connectivity index (χ1n) is 4.24. The first-order valence-corrected chi connectivity index (χ1v) is 4.24. The van der Waals surface area contributed by atoms with Gasteiger partial charge < -0.3 is 0 Å². The van der Waals surface area contributed by atoms with Crippen molar-refractivity contribution in [1.82, 2.24) is 0 Å². The van der Waals surface area contributed by atoms with E-state index < -0.39 is 0 Å². The van der Waals surface area contributed by atoms with Gasteiger partial charge in [-0.15, -0.1) is 0 Å². The number of carbonyl (C=O) groups excluding carboxylic acids is 1. The van der Waals surface area contributed by atoms with Crippen molar-refractivity contribution in [2.75, 3.05) is 0 Å². The van der Waals surface area contributed by atoms with Gasteiger partial charge in [0.25, 0.3) is 0 Å². The Labute approximate surface area is 67.5 Å². The van der Waals surface area contributed by atoms with Gasteiger partial charge in [-0.2, -0.15) is 0 Å². The molecule has 2 aliphatic rings. The first kappa shape index (κ1) is 7.08. The molecule has 60 valence electrons. The smallest absolute Gasteiger partial charge is 0.140 e. The number of rotatable bonds is 0. The monoisotopic (exact) mass is 150 g/mol. The summed E-state index contributed by atoms with van der Waals surface area (Å²) < 4.78 is 0. The summed E-state index contributed by atoms with van der Waals surface area (Å²) in [5.74, 6) is 1.37. The van der Waals surface area contributed by atoms with Gasteiger partial charge in [-0.3, -0.25) is 4.79 Å². The highest BCUT2D eigenvalue weighted by Crippen LogP contribution is 2.53. The largest absolute Gasteiger partial charge is 0.299 e. The highest BCUT2D eigenvalue weighted by atomic mass is 16.1. The van der Waals surface area contributed by atoms with Gasteiger partial charge in [-0.05, 0) is 18.3 Å². The maximum Gasteiger partial charge on any atom is 0.140 e. The number of carbonyl (C=O) groups is 1. The van der Waals surface area contributed by atoms with Gasteiger partial charge in [0.15, 0.2) is 0 Å². The lowest BCUT2D eigenvalue weighted by molar-refractivity contribution is -0.134. The molecule has 0 aromatic rings. The van der Waals surface area contributed by atoms with Crippen LogP contribution in [0.4, 0.5) is 0 Å². The second kappa shape index (κ2) is 1.77. The molecule has 0 aromatic heterocycles. The zero-order valence-corrected chi connectivity index (χ0v) is 7.35. The van der Waals surface area contributed by atoms with Crippen LogP contribution < -0.4 is 0 Å². The average Bonchev–Trinajstić information content (AvgIpc) is 1.96. The first-order chi connectivity index (χ1) is 5.02. The number of Topliss-reactive ketones (excluding diaryl/α,β-unsaturated/α-hetero) is 1. The summed E-state index contributed by atoms with van der Waals surface area (Å²) in [4.78, 5) is 11.2. The highest BCUT2D eigenvalue weighted by Gasteiger charge is 2.51. The van der Waals surface area contributed by atoms with E-state index in [1.165, 1.54) is 5.57 Å².